The second-order valence-electron chi connectivity index (χ2n) is 8.36. The second-order valence-corrected chi connectivity index (χ2v) is 8.36. The molecule has 0 aliphatic heterocycles. The van der Waals surface area contributed by atoms with Gasteiger partial charge >= 0.3 is 5.97 Å². The number of benzene rings is 1. The SMILES string of the molecule is CC(C)(C)CC(C)(C(=O)Oc1cc(O)ccc1O)C(C)(C)C. The number of hydrogen-bond acceptors (Lipinski definition) is 4. The first-order valence-electron chi connectivity index (χ1n) is 7.50. The van der Waals surface area contributed by atoms with Crippen LogP contribution in [-0.4, -0.2) is 16.2 Å². The summed E-state index contributed by atoms with van der Waals surface area (Å²) in [7, 11) is 0. The van der Waals surface area contributed by atoms with Gasteiger partial charge in [-0.2, -0.15) is 0 Å². The summed E-state index contributed by atoms with van der Waals surface area (Å²) < 4.78 is 5.41. The van der Waals surface area contributed by atoms with E-state index >= 15 is 0 Å². The first-order chi connectivity index (χ1) is 9.76. The van der Waals surface area contributed by atoms with Crippen LogP contribution in [-0.2, 0) is 4.79 Å². The van der Waals surface area contributed by atoms with Crippen LogP contribution in [0.1, 0.15) is 54.9 Å². The van der Waals surface area contributed by atoms with Gasteiger partial charge in [0.1, 0.15) is 5.75 Å². The fraction of sp³-hybridized carbons (Fsp3) is 0.611. The largest absolute Gasteiger partial charge is 0.508 e. The average Bonchev–Trinajstić information content (AvgIpc) is 2.30. The minimum absolute atomic E-state index is 0.0191. The van der Waals surface area contributed by atoms with Gasteiger partial charge in [-0.3, -0.25) is 4.79 Å². The lowest BCUT2D eigenvalue weighted by atomic mass is 9.61. The molecule has 1 atom stereocenters. The first kappa shape index (κ1) is 18.3. The van der Waals surface area contributed by atoms with Crippen LogP contribution in [0, 0.1) is 16.2 Å². The lowest BCUT2D eigenvalue weighted by Gasteiger charge is -2.43. The second kappa shape index (κ2) is 5.82. The fourth-order valence-corrected chi connectivity index (χ4v) is 2.50. The monoisotopic (exact) mass is 308 g/mol. The van der Waals surface area contributed by atoms with E-state index in [9.17, 15) is 15.0 Å². The summed E-state index contributed by atoms with van der Waals surface area (Å²) in [5.74, 6) is -0.655. The van der Waals surface area contributed by atoms with Crippen molar-refractivity contribution in [2.75, 3.05) is 0 Å². The molecule has 1 aromatic rings. The topological polar surface area (TPSA) is 66.8 Å². The Kier molecular flexibility index (Phi) is 4.85. The number of phenolic OH excluding ortho intramolecular Hbond substituents is 2. The van der Waals surface area contributed by atoms with Crippen LogP contribution in [0.3, 0.4) is 0 Å². The predicted octanol–water partition coefficient (Wildman–Crippen LogP) is 4.49. The summed E-state index contributed by atoms with van der Waals surface area (Å²) in [5.41, 5.74) is -1.10. The van der Waals surface area contributed by atoms with E-state index in [1.165, 1.54) is 18.2 Å². The number of carbonyl (C=O) groups excluding carboxylic acids is 1. The van der Waals surface area contributed by atoms with E-state index in [4.69, 9.17) is 4.74 Å². The van der Waals surface area contributed by atoms with Crippen molar-refractivity contribution in [3.63, 3.8) is 0 Å². The van der Waals surface area contributed by atoms with Gasteiger partial charge in [0.15, 0.2) is 11.5 Å². The summed E-state index contributed by atoms with van der Waals surface area (Å²) in [5, 5.41) is 19.3. The zero-order chi connectivity index (χ0) is 17.3. The van der Waals surface area contributed by atoms with Crippen LogP contribution < -0.4 is 4.74 Å². The van der Waals surface area contributed by atoms with Crippen molar-refractivity contribution in [1.29, 1.82) is 0 Å². The van der Waals surface area contributed by atoms with Gasteiger partial charge in [0.2, 0.25) is 0 Å². The molecule has 0 spiro atoms. The molecule has 0 fully saturated rings. The molecule has 0 aromatic heterocycles. The molecule has 2 N–H and O–H groups in total. The third-order valence-electron chi connectivity index (χ3n) is 4.14. The molecule has 4 nitrogen and oxygen atoms in total. The Bertz CT molecular complexity index is 549. The third kappa shape index (κ3) is 4.15. The Balaban J connectivity index is 3.16. The number of phenols is 2. The van der Waals surface area contributed by atoms with Gasteiger partial charge in [0.05, 0.1) is 5.41 Å². The Morgan fingerprint density at radius 1 is 1.05 bits per heavy atom. The van der Waals surface area contributed by atoms with E-state index in [-0.39, 0.29) is 28.1 Å². The Hall–Kier alpha value is -1.71. The minimum atomic E-state index is -0.733. The maximum Gasteiger partial charge on any atom is 0.317 e. The van der Waals surface area contributed by atoms with Crippen LogP contribution in [0.5, 0.6) is 17.2 Å². The van der Waals surface area contributed by atoms with Crippen LogP contribution in [0.2, 0.25) is 0 Å². The van der Waals surface area contributed by atoms with Crippen LogP contribution >= 0.6 is 0 Å². The van der Waals surface area contributed by atoms with E-state index < -0.39 is 11.4 Å². The quantitative estimate of drug-likeness (QED) is 0.490. The Morgan fingerprint density at radius 3 is 2.05 bits per heavy atom. The molecule has 0 saturated heterocycles. The van der Waals surface area contributed by atoms with E-state index in [0.717, 1.165) is 0 Å². The van der Waals surface area contributed by atoms with Gasteiger partial charge in [-0.25, -0.2) is 0 Å². The maximum absolute atomic E-state index is 12.8. The Morgan fingerprint density at radius 2 is 1.59 bits per heavy atom. The molecule has 0 bridgehead atoms. The van der Waals surface area contributed by atoms with E-state index in [0.29, 0.717) is 6.42 Å². The van der Waals surface area contributed by atoms with Crippen molar-refractivity contribution >= 4 is 5.97 Å². The van der Waals surface area contributed by atoms with Crippen molar-refractivity contribution in [1.82, 2.24) is 0 Å². The van der Waals surface area contributed by atoms with Gasteiger partial charge in [-0.1, -0.05) is 41.5 Å². The molecule has 0 amide bonds. The molecule has 1 rings (SSSR count). The van der Waals surface area contributed by atoms with E-state index in [1.807, 2.05) is 27.7 Å². The van der Waals surface area contributed by atoms with E-state index in [2.05, 4.69) is 20.8 Å². The average molecular weight is 308 g/mol. The molecule has 124 valence electrons. The Labute approximate surface area is 133 Å². The van der Waals surface area contributed by atoms with Crippen molar-refractivity contribution in [2.45, 2.75) is 54.9 Å². The van der Waals surface area contributed by atoms with Crippen molar-refractivity contribution in [2.24, 2.45) is 16.2 Å². The molecule has 0 saturated carbocycles. The molecule has 0 heterocycles. The number of esters is 1. The lowest BCUT2D eigenvalue weighted by Crippen LogP contribution is -2.45. The van der Waals surface area contributed by atoms with Crippen molar-refractivity contribution < 1.29 is 19.7 Å². The number of aromatic hydroxyl groups is 2. The summed E-state index contributed by atoms with van der Waals surface area (Å²) in [6, 6.07) is 3.88. The number of rotatable bonds is 3. The van der Waals surface area contributed by atoms with Crippen LogP contribution in [0.15, 0.2) is 18.2 Å². The normalized spacial score (nSPS) is 15.2. The number of hydrogen-bond donors (Lipinski definition) is 2. The number of carbonyl (C=O) groups is 1. The summed E-state index contributed by atoms with van der Waals surface area (Å²) >= 11 is 0. The zero-order valence-corrected chi connectivity index (χ0v) is 14.7. The maximum atomic E-state index is 12.8. The highest BCUT2D eigenvalue weighted by atomic mass is 16.5. The van der Waals surface area contributed by atoms with Crippen LogP contribution in [0.4, 0.5) is 0 Å². The van der Waals surface area contributed by atoms with Crippen LogP contribution in [0.25, 0.3) is 0 Å². The molecule has 0 aliphatic carbocycles. The molecular formula is C18H28O4. The highest BCUT2D eigenvalue weighted by molar-refractivity contribution is 5.80. The lowest BCUT2D eigenvalue weighted by molar-refractivity contribution is -0.154. The minimum Gasteiger partial charge on any atom is -0.508 e. The summed E-state index contributed by atoms with van der Waals surface area (Å²) in [6.07, 6.45) is 0.641. The van der Waals surface area contributed by atoms with E-state index in [1.54, 1.807) is 0 Å². The first-order valence-corrected chi connectivity index (χ1v) is 7.50. The molecule has 1 aromatic carbocycles. The molecular weight excluding hydrogens is 280 g/mol. The predicted molar refractivity (Wildman–Crippen MR) is 87.0 cm³/mol. The highest BCUT2D eigenvalue weighted by Crippen LogP contribution is 2.48. The highest BCUT2D eigenvalue weighted by Gasteiger charge is 2.48. The van der Waals surface area contributed by atoms with Gasteiger partial charge < -0.3 is 14.9 Å². The smallest absolute Gasteiger partial charge is 0.317 e. The van der Waals surface area contributed by atoms with Gasteiger partial charge in [-0.15, -0.1) is 0 Å². The third-order valence-corrected chi connectivity index (χ3v) is 4.14. The van der Waals surface area contributed by atoms with Gasteiger partial charge in [-0.05, 0) is 36.3 Å². The van der Waals surface area contributed by atoms with Crippen molar-refractivity contribution in [3.05, 3.63) is 18.2 Å². The zero-order valence-electron chi connectivity index (χ0n) is 14.7. The molecule has 1 unspecified atom stereocenters. The molecule has 22 heavy (non-hydrogen) atoms. The molecule has 4 heteroatoms. The molecule has 0 radical (unpaired) electrons. The summed E-state index contributed by atoms with van der Waals surface area (Å²) in [4.78, 5) is 12.8. The number of ether oxygens (including phenoxy) is 1. The molecule has 0 aliphatic rings. The fourth-order valence-electron chi connectivity index (χ4n) is 2.50. The van der Waals surface area contributed by atoms with Gasteiger partial charge in [0, 0.05) is 6.07 Å². The van der Waals surface area contributed by atoms with Gasteiger partial charge in [0.25, 0.3) is 0 Å². The standard InChI is InChI=1S/C18H28O4/c1-16(2,3)11-18(7,17(4,5)6)15(21)22-14-10-12(19)8-9-13(14)20/h8-10,19-20H,11H2,1-7H3. The van der Waals surface area contributed by atoms with Crippen molar-refractivity contribution in [3.8, 4) is 17.2 Å². The summed E-state index contributed by atoms with van der Waals surface area (Å²) in [6.45, 7) is 14.1.